The zero-order chi connectivity index (χ0) is 14.9. The summed E-state index contributed by atoms with van der Waals surface area (Å²) in [5.74, 6) is 0. The van der Waals surface area contributed by atoms with Gasteiger partial charge in [0, 0.05) is 11.6 Å². The number of nitrogens with two attached hydrogens (primary N) is 4. The molecule has 0 fully saturated rings. The maximum Gasteiger partial charge on any atom is 2.00 e. The van der Waals surface area contributed by atoms with Crippen LogP contribution in [0.25, 0.3) is 35.5 Å². The van der Waals surface area contributed by atoms with E-state index in [1.54, 1.807) is 10.3 Å². The standard InChI is InChI=1S/C9H7N.3CHNS.Cu.4H2N/c1-2-6-9-8(4-1)5-3-7-10-9;3*2-1-3;;;;;/h1-7H;3H;2*2H;;4*1H2/q;;;;+2;4*-1. The van der Waals surface area contributed by atoms with Crippen LogP contribution in [-0.2, 0) is 17.1 Å². The summed E-state index contributed by atoms with van der Waals surface area (Å²) in [6, 6.07) is 12.1. The average Bonchev–Trinajstić information content (AvgIpc) is 2.42. The van der Waals surface area contributed by atoms with Crippen molar-refractivity contribution in [2.24, 2.45) is 0 Å². The summed E-state index contributed by atoms with van der Waals surface area (Å²) in [4.78, 5) is 4.18. The zero-order valence-electron chi connectivity index (χ0n) is 12.3. The number of para-hydroxylation sites is 1. The van der Waals surface area contributed by atoms with Crippen LogP contribution in [0, 0.1) is 21.5 Å². The molecule has 137 valence electrons. The Morgan fingerprint density at radius 1 is 0.917 bits per heavy atom. The molecule has 8 nitrogen and oxygen atoms in total. The van der Waals surface area contributed by atoms with Crippen LogP contribution in [0.15, 0.2) is 42.6 Å². The van der Waals surface area contributed by atoms with Gasteiger partial charge in [0.25, 0.3) is 0 Å². The van der Waals surface area contributed by atoms with Crippen LogP contribution < -0.4 is 0 Å². The van der Waals surface area contributed by atoms with Gasteiger partial charge in [-0.1, -0.05) is 36.9 Å². The maximum absolute atomic E-state index is 7.18. The minimum Gasteiger partial charge on any atom is -0.693 e. The molecular weight excluding hydrogens is 416 g/mol. The second-order valence-corrected chi connectivity index (χ2v) is 3.11. The maximum atomic E-state index is 7.18. The molecule has 1 heterocycles. The van der Waals surface area contributed by atoms with Gasteiger partial charge in [-0.3, -0.25) is 4.98 Å². The molecule has 0 spiro atoms. The van der Waals surface area contributed by atoms with Gasteiger partial charge in [0.15, 0.2) is 0 Å². The molecule has 2 rings (SSSR count). The van der Waals surface area contributed by atoms with Crippen molar-refractivity contribution in [3.8, 4) is 5.40 Å². The number of nitriles is 1. The van der Waals surface area contributed by atoms with Crippen molar-refractivity contribution >= 4 is 58.3 Å². The third kappa shape index (κ3) is 28.6. The van der Waals surface area contributed by atoms with Crippen LogP contribution in [0.2, 0.25) is 0 Å². The number of benzene rings is 1. The first-order valence-electron chi connectivity index (χ1n) is 4.62. The van der Waals surface area contributed by atoms with E-state index < -0.39 is 0 Å². The largest absolute Gasteiger partial charge is 2.00 e. The van der Waals surface area contributed by atoms with E-state index in [1.165, 1.54) is 10.8 Å². The van der Waals surface area contributed by atoms with Crippen molar-refractivity contribution < 1.29 is 17.1 Å². The number of hydrogen-bond acceptors (Lipinski definition) is 7. The van der Waals surface area contributed by atoms with E-state index in [9.17, 15) is 0 Å². The second kappa shape index (κ2) is 37.6. The average molecular weight is 434 g/mol. The Morgan fingerprint density at radius 2 is 1.25 bits per heavy atom. The molecule has 0 saturated carbocycles. The Kier molecular flexibility index (Phi) is 67.7. The topological polar surface area (TPSA) is 218 Å². The van der Waals surface area contributed by atoms with E-state index in [1.807, 2.05) is 30.5 Å². The predicted octanol–water partition coefficient (Wildman–Crippen LogP) is 6.83. The van der Waals surface area contributed by atoms with Gasteiger partial charge in [-0.15, -0.1) is 0 Å². The third-order valence-electron chi connectivity index (χ3n) is 1.51. The number of nitrogens with zero attached hydrogens (tertiary/aromatic N) is 2. The van der Waals surface area contributed by atoms with Gasteiger partial charge in [-0.25, -0.2) is 10.8 Å². The molecule has 1 aromatic carbocycles. The molecule has 0 unspecified atom stereocenters. The Morgan fingerprint density at radius 3 is 1.62 bits per heavy atom. The molecule has 0 saturated heterocycles. The summed E-state index contributed by atoms with van der Waals surface area (Å²) in [7, 11) is 0. The predicted molar refractivity (Wildman–Crippen MR) is 108 cm³/mol. The quantitative estimate of drug-likeness (QED) is 0.133. The van der Waals surface area contributed by atoms with E-state index in [4.69, 9.17) is 16.1 Å². The van der Waals surface area contributed by atoms with E-state index in [-0.39, 0.29) is 41.7 Å². The normalized spacial score (nSPS) is 5.17. The van der Waals surface area contributed by atoms with Crippen LogP contribution >= 0.6 is 37.1 Å². The smallest absolute Gasteiger partial charge is 0.693 e. The van der Waals surface area contributed by atoms with Crippen molar-refractivity contribution in [2.45, 2.75) is 0 Å². The van der Waals surface area contributed by atoms with Crippen LogP contribution in [-0.4, -0.2) is 15.3 Å². The number of rotatable bonds is 0. The van der Waals surface area contributed by atoms with Gasteiger partial charge in [-0.2, -0.15) is 5.26 Å². The van der Waals surface area contributed by atoms with Crippen LogP contribution in [0.5, 0.6) is 0 Å². The first-order valence-corrected chi connectivity index (χ1v) is 5.88. The number of hydrogen-bond donors (Lipinski definition) is 3. The Hall–Kier alpha value is -1.57. The van der Waals surface area contributed by atoms with Gasteiger partial charge >= 0.3 is 17.1 Å². The van der Waals surface area contributed by atoms with E-state index in [0.717, 1.165) is 5.52 Å². The fraction of sp³-hybridized carbons (Fsp3) is 0. The molecule has 1 radical (unpaired) electrons. The fourth-order valence-corrected chi connectivity index (χ4v) is 1.02. The Bertz CT molecular complexity index is 517. The van der Waals surface area contributed by atoms with Gasteiger partial charge in [-0.05, 0) is 36.6 Å². The molecule has 1 aromatic heterocycles. The van der Waals surface area contributed by atoms with Crippen LogP contribution in [0.1, 0.15) is 0 Å². The molecule has 0 aliphatic rings. The molecule has 0 amide bonds. The van der Waals surface area contributed by atoms with E-state index >= 15 is 0 Å². The van der Waals surface area contributed by atoms with Crippen LogP contribution in [0.3, 0.4) is 0 Å². The number of thiocarbonyl (C=S) groups is 2. The number of nitrogens with one attached hydrogen (secondary N) is 2. The van der Waals surface area contributed by atoms with E-state index in [0.29, 0.717) is 0 Å². The number of thiocyanates is 1. The molecule has 10 N–H and O–H groups in total. The number of fused-ring (bicyclic) bond motifs is 1. The fourth-order valence-electron chi connectivity index (χ4n) is 1.02. The number of pyridine rings is 1. The molecule has 0 aliphatic carbocycles. The molecule has 0 aliphatic heterocycles. The summed E-state index contributed by atoms with van der Waals surface area (Å²) in [5.41, 5.74) is 1.06. The van der Waals surface area contributed by atoms with Gasteiger partial charge in [0.1, 0.15) is 5.40 Å². The number of isothiocyanates is 2. The zero-order valence-corrected chi connectivity index (χ0v) is 15.8. The van der Waals surface area contributed by atoms with Crippen molar-refractivity contribution in [1.82, 2.24) is 4.98 Å². The van der Waals surface area contributed by atoms with Gasteiger partial charge in [0.05, 0.1) is 15.8 Å². The number of aromatic nitrogens is 1. The Labute approximate surface area is 168 Å². The molecule has 0 atom stereocenters. The first-order chi connectivity index (χ1) is 9.21. The van der Waals surface area contributed by atoms with Crippen LogP contribution in [0.4, 0.5) is 0 Å². The van der Waals surface area contributed by atoms with Crippen molar-refractivity contribution in [3.63, 3.8) is 0 Å². The van der Waals surface area contributed by atoms with Gasteiger partial charge < -0.3 is 24.6 Å². The monoisotopic (exact) mass is 433 g/mol. The molecule has 24 heavy (non-hydrogen) atoms. The Balaban J connectivity index is -0.0000000364. The van der Waals surface area contributed by atoms with Gasteiger partial charge in [0.2, 0.25) is 0 Å². The summed E-state index contributed by atoms with van der Waals surface area (Å²) >= 11 is 10.7. The SMILES string of the molecule is N#CS.N=C=S.N=C=S.[Cu+2].[NH2-].[NH2-].[NH2-].[NH2-].c1ccc2ncccc2c1. The minimum absolute atomic E-state index is 0. The molecule has 12 heteroatoms. The molecule has 0 bridgehead atoms. The number of thiol groups is 1. The summed E-state index contributed by atoms with van der Waals surface area (Å²) in [6.45, 7) is 0. The second-order valence-electron chi connectivity index (χ2n) is 2.50. The molecular formula is C12H18CuN8S3-2. The van der Waals surface area contributed by atoms with E-state index in [2.05, 4.69) is 54.2 Å². The summed E-state index contributed by atoms with van der Waals surface area (Å²) in [6.07, 6.45) is 1.81. The third-order valence-corrected chi connectivity index (χ3v) is 1.51. The van der Waals surface area contributed by atoms with Crippen molar-refractivity contribution in [3.05, 3.63) is 67.2 Å². The van der Waals surface area contributed by atoms with Crippen molar-refractivity contribution in [1.29, 1.82) is 16.1 Å². The summed E-state index contributed by atoms with van der Waals surface area (Å²) < 4.78 is 0. The first kappa shape index (κ1) is 43.3. The minimum atomic E-state index is 0. The van der Waals surface area contributed by atoms with Crippen molar-refractivity contribution in [2.75, 3.05) is 0 Å². The molecule has 2 aromatic rings. The summed E-state index contributed by atoms with van der Waals surface area (Å²) in [5, 5.41) is 24.5.